The van der Waals surface area contributed by atoms with Crippen LogP contribution in [0.4, 0.5) is 0 Å². The first-order valence-electron chi connectivity index (χ1n) is 7.92. The molecule has 3 aromatic carbocycles. The summed E-state index contributed by atoms with van der Waals surface area (Å²) in [5.74, 6) is -0.0549. The number of ketones is 2. The van der Waals surface area contributed by atoms with E-state index in [0.717, 1.165) is 21.3 Å². The van der Waals surface area contributed by atoms with E-state index < -0.39 is 0 Å². The number of hydrogen-bond donors (Lipinski definition) is 0. The normalized spacial score (nSPS) is 12.2. The molecule has 0 fully saturated rings. The lowest BCUT2D eigenvalue weighted by molar-refractivity contribution is 0.103. The van der Waals surface area contributed by atoms with E-state index in [2.05, 4.69) is 4.37 Å². The maximum atomic E-state index is 12.9. The molecule has 1 aliphatic rings. The molecule has 0 bridgehead atoms. The summed E-state index contributed by atoms with van der Waals surface area (Å²) in [6.45, 7) is 0. The zero-order valence-corrected chi connectivity index (χ0v) is 13.8. The molecule has 0 aliphatic heterocycles. The van der Waals surface area contributed by atoms with E-state index in [1.165, 1.54) is 11.5 Å². The first-order chi connectivity index (χ1) is 12.3. The molecule has 5 rings (SSSR count). The predicted octanol–water partition coefficient (Wildman–Crippen LogP) is 4.74. The summed E-state index contributed by atoms with van der Waals surface area (Å²) in [6, 6.07) is 20.2. The molecule has 0 spiro atoms. The van der Waals surface area contributed by atoms with Gasteiger partial charge in [0.25, 0.3) is 0 Å². The van der Waals surface area contributed by atoms with Gasteiger partial charge in [0.2, 0.25) is 0 Å². The highest BCUT2D eigenvalue weighted by molar-refractivity contribution is 7.14. The zero-order chi connectivity index (χ0) is 17.0. The lowest BCUT2D eigenvalue weighted by atomic mass is 9.86. The van der Waals surface area contributed by atoms with Gasteiger partial charge in [0.1, 0.15) is 0 Å². The summed E-state index contributed by atoms with van der Waals surface area (Å²) in [5, 5.41) is 0.801. The van der Waals surface area contributed by atoms with Gasteiger partial charge < -0.3 is 0 Å². The van der Waals surface area contributed by atoms with Crippen molar-refractivity contribution in [3.05, 3.63) is 89.0 Å². The fourth-order valence-corrected chi connectivity index (χ4v) is 4.31. The van der Waals surface area contributed by atoms with Crippen molar-refractivity contribution in [2.24, 2.45) is 0 Å². The van der Waals surface area contributed by atoms with Gasteiger partial charge in [-0.2, -0.15) is 4.37 Å². The highest BCUT2D eigenvalue weighted by Crippen LogP contribution is 2.42. The summed E-state index contributed by atoms with van der Waals surface area (Å²) in [7, 11) is 0. The average molecular weight is 341 g/mol. The molecule has 1 aromatic heterocycles. The van der Waals surface area contributed by atoms with Gasteiger partial charge in [-0.05, 0) is 23.7 Å². The Morgan fingerprint density at radius 1 is 0.800 bits per heavy atom. The minimum atomic E-state index is -0.0475. The van der Waals surface area contributed by atoms with E-state index in [1.807, 2.05) is 42.5 Å². The number of rotatable bonds is 2. The summed E-state index contributed by atoms with van der Waals surface area (Å²) in [6.07, 6.45) is 0. The van der Waals surface area contributed by atoms with Crippen LogP contribution in [0.1, 0.15) is 31.8 Å². The first kappa shape index (κ1) is 14.3. The molecule has 0 amide bonds. The monoisotopic (exact) mass is 341 g/mol. The summed E-state index contributed by atoms with van der Waals surface area (Å²) < 4.78 is 5.36. The smallest absolute Gasteiger partial charge is 0.194 e. The van der Waals surface area contributed by atoms with E-state index in [9.17, 15) is 9.59 Å². The van der Waals surface area contributed by atoms with E-state index in [-0.39, 0.29) is 11.6 Å². The first-order valence-corrected chi connectivity index (χ1v) is 8.69. The van der Waals surface area contributed by atoms with Gasteiger partial charge in [-0.3, -0.25) is 9.59 Å². The Hall–Kier alpha value is -3.11. The molecule has 0 radical (unpaired) electrons. The number of benzene rings is 3. The van der Waals surface area contributed by atoms with Crippen LogP contribution in [0.25, 0.3) is 21.3 Å². The van der Waals surface area contributed by atoms with Crippen molar-refractivity contribution >= 4 is 33.2 Å². The quantitative estimate of drug-likeness (QED) is 0.436. The van der Waals surface area contributed by atoms with Crippen molar-refractivity contribution in [3.63, 3.8) is 0 Å². The molecule has 0 atom stereocenters. The van der Waals surface area contributed by atoms with Crippen molar-refractivity contribution in [1.29, 1.82) is 0 Å². The minimum absolute atomic E-state index is 0.00740. The molecular weight excluding hydrogens is 330 g/mol. The van der Waals surface area contributed by atoms with Crippen LogP contribution in [0.3, 0.4) is 0 Å². The molecule has 0 saturated carbocycles. The molecule has 4 aromatic rings. The van der Waals surface area contributed by atoms with Crippen LogP contribution in [0.2, 0.25) is 0 Å². The summed E-state index contributed by atoms with van der Waals surface area (Å²) in [5.41, 5.74) is 4.17. The molecule has 118 valence electrons. The molecule has 3 nitrogen and oxygen atoms in total. The predicted molar refractivity (Wildman–Crippen MR) is 98.4 cm³/mol. The van der Waals surface area contributed by atoms with Gasteiger partial charge >= 0.3 is 0 Å². The van der Waals surface area contributed by atoms with Crippen molar-refractivity contribution in [2.75, 3.05) is 0 Å². The lowest BCUT2D eigenvalue weighted by Crippen LogP contribution is -2.10. The van der Waals surface area contributed by atoms with Gasteiger partial charge in [-0.15, -0.1) is 0 Å². The topological polar surface area (TPSA) is 47.0 Å². The van der Waals surface area contributed by atoms with Gasteiger partial charge in [0, 0.05) is 33.2 Å². The van der Waals surface area contributed by atoms with Crippen LogP contribution in [-0.2, 0) is 0 Å². The third kappa shape index (κ3) is 1.95. The van der Waals surface area contributed by atoms with Crippen LogP contribution in [-0.4, -0.2) is 15.9 Å². The molecule has 4 heteroatoms. The van der Waals surface area contributed by atoms with Crippen molar-refractivity contribution in [3.8, 4) is 11.3 Å². The van der Waals surface area contributed by atoms with Crippen LogP contribution in [0.15, 0.2) is 66.7 Å². The Kier molecular flexibility index (Phi) is 2.96. The Bertz CT molecular complexity index is 1180. The molecule has 0 N–H and O–H groups in total. The van der Waals surface area contributed by atoms with Gasteiger partial charge in [0.15, 0.2) is 11.6 Å². The van der Waals surface area contributed by atoms with E-state index in [0.29, 0.717) is 22.3 Å². The Balaban J connectivity index is 1.80. The fourth-order valence-electron chi connectivity index (χ4n) is 3.38. The Morgan fingerprint density at radius 2 is 1.52 bits per heavy atom. The molecule has 1 aliphatic carbocycles. The van der Waals surface area contributed by atoms with Crippen molar-refractivity contribution in [1.82, 2.24) is 4.37 Å². The number of carbonyl (C=O) groups excluding carboxylic acids is 2. The number of hydrogen-bond acceptors (Lipinski definition) is 4. The summed E-state index contributed by atoms with van der Waals surface area (Å²) in [4.78, 5) is 25.7. The van der Waals surface area contributed by atoms with Gasteiger partial charge in [-0.1, -0.05) is 54.6 Å². The van der Waals surface area contributed by atoms with Crippen LogP contribution >= 0.6 is 11.5 Å². The molecule has 0 saturated heterocycles. The highest BCUT2D eigenvalue weighted by Gasteiger charge is 2.29. The van der Waals surface area contributed by atoms with Gasteiger partial charge in [0.05, 0.1) is 10.4 Å². The SMILES string of the molecule is O=C(c1ccccc1)c1ccc2c3c(nsc13)-c1ccccc1C2=O. The second kappa shape index (κ2) is 5.19. The average Bonchev–Trinajstić information content (AvgIpc) is 3.12. The molecule has 0 unspecified atom stereocenters. The Morgan fingerprint density at radius 3 is 2.32 bits per heavy atom. The number of carbonyl (C=O) groups is 2. The molecular formula is C21H11NO2S. The maximum absolute atomic E-state index is 12.9. The van der Waals surface area contributed by atoms with E-state index in [4.69, 9.17) is 0 Å². The van der Waals surface area contributed by atoms with Crippen LogP contribution in [0, 0.1) is 0 Å². The second-order valence-electron chi connectivity index (χ2n) is 5.97. The zero-order valence-electron chi connectivity index (χ0n) is 13.0. The van der Waals surface area contributed by atoms with Crippen molar-refractivity contribution < 1.29 is 9.59 Å². The van der Waals surface area contributed by atoms with E-state index >= 15 is 0 Å². The second-order valence-corrected chi connectivity index (χ2v) is 6.74. The van der Waals surface area contributed by atoms with Crippen LogP contribution in [0.5, 0.6) is 0 Å². The molecule has 1 heterocycles. The van der Waals surface area contributed by atoms with Gasteiger partial charge in [-0.25, -0.2) is 0 Å². The lowest BCUT2D eigenvalue weighted by Gasteiger charge is -2.15. The third-order valence-electron chi connectivity index (χ3n) is 4.57. The number of aromatic nitrogens is 1. The summed E-state index contributed by atoms with van der Waals surface area (Å²) >= 11 is 1.28. The number of nitrogens with zero attached hydrogens (tertiary/aromatic N) is 1. The maximum Gasteiger partial charge on any atom is 0.194 e. The highest BCUT2D eigenvalue weighted by atomic mass is 32.1. The standard InChI is InChI=1S/C21H11NO2S/c23-19(12-6-2-1-3-7-12)16-11-10-15-17-18(22-25-21(16)17)13-8-4-5-9-14(13)20(15)24/h1-11H. The molecule has 25 heavy (non-hydrogen) atoms. The number of fused-ring (bicyclic) bond motifs is 2. The fraction of sp³-hybridized carbons (Fsp3) is 0. The van der Waals surface area contributed by atoms with Crippen LogP contribution < -0.4 is 0 Å². The van der Waals surface area contributed by atoms with E-state index in [1.54, 1.807) is 24.3 Å². The Labute approximate surface area is 147 Å². The third-order valence-corrected chi connectivity index (χ3v) is 5.46. The largest absolute Gasteiger partial charge is 0.289 e. The minimum Gasteiger partial charge on any atom is -0.289 e. The van der Waals surface area contributed by atoms with Crippen molar-refractivity contribution in [2.45, 2.75) is 0 Å².